The molecule has 1 amide bonds. The third-order valence-corrected chi connectivity index (χ3v) is 6.74. The highest BCUT2D eigenvalue weighted by Gasteiger charge is 2.30. The molecule has 4 atom stereocenters. The van der Waals surface area contributed by atoms with Crippen molar-refractivity contribution < 1.29 is 14.3 Å². The van der Waals surface area contributed by atoms with Gasteiger partial charge >= 0.3 is 5.97 Å². The molecule has 1 N–H and O–H groups in total. The van der Waals surface area contributed by atoms with Crippen LogP contribution < -0.4 is 10.9 Å². The molecule has 7 heteroatoms. The van der Waals surface area contributed by atoms with Crippen molar-refractivity contribution in [1.82, 2.24) is 14.9 Å². The maximum Gasteiger partial charge on any atom is 0.338 e. The smallest absolute Gasteiger partial charge is 0.338 e. The molecule has 0 radical (unpaired) electrons. The van der Waals surface area contributed by atoms with Gasteiger partial charge in [-0.25, -0.2) is 9.78 Å². The molecule has 30 heavy (non-hydrogen) atoms. The molecule has 2 aromatic rings. The lowest BCUT2D eigenvalue weighted by atomic mass is 9.78. The monoisotopic (exact) mass is 411 g/mol. The van der Waals surface area contributed by atoms with Gasteiger partial charge in [0.25, 0.3) is 11.5 Å². The van der Waals surface area contributed by atoms with Crippen LogP contribution in [0.1, 0.15) is 62.6 Å². The van der Waals surface area contributed by atoms with Crippen molar-refractivity contribution in [2.24, 2.45) is 11.8 Å². The van der Waals surface area contributed by atoms with Crippen LogP contribution in [0.3, 0.4) is 0 Å². The number of carbonyl (C=O) groups excluding carboxylic acids is 2. The van der Waals surface area contributed by atoms with Gasteiger partial charge in [-0.3, -0.25) is 14.2 Å². The summed E-state index contributed by atoms with van der Waals surface area (Å²) in [4.78, 5) is 42.3. The molecule has 0 spiro atoms. The normalized spacial score (nSPS) is 24.3. The van der Waals surface area contributed by atoms with Crippen LogP contribution in [0.2, 0.25) is 0 Å². The molecular formula is C23H29N3O4. The van der Waals surface area contributed by atoms with Gasteiger partial charge in [-0.15, -0.1) is 0 Å². The quantitative estimate of drug-likeness (QED) is 0.782. The van der Waals surface area contributed by atoms with E-state index in [2.05, 4.69) is 24.1 Å². The minimum absolute atomic E-state index is 0.0732. The first-order valence-electron chi connectivity index (χ1n) is 10.9. The molecule has 1 fully saturated rings. The van der Waals surface area contributed by atoms with E-state index in [1.54, 1.807) is 29.7 Å². The first-order valence-corrected chi connectivity index (χ1v) is 10.9. The van der Waals surface area contributed by atoms with E-state index in [0.29, 0.717) is 29.3 Å². The number of fused-ring (bicyclic) bond motifs is 2. The third kappa shape index (κ3) is 3.85. The van der Waals surface area contributed by atoms with Crippen LogP contribution in [0.5, 0.6) is 0 Å². The van der Waals surface area contributed by atoms with Crippen molar-refractivity contribution in [2.75, 3.05) is 0 Å². The van der Waals surface area contributed by atoms with E-state index in [4.69, 9.17) is 4.74 Å². The zero-order valence-corrected chi connectivity index (χ0v) is 17.8. The number of esters is 1. The predicted molar refractivity (Wildman–Crippen MR) is 113 cm³/mol. The van der Waals surface area contributed by atoms with Crippen molar-refractivity contribution in [3.63, 3.8) is 0 Å². The van der Waals surface area contributed by atoms with Gasteiger partial charge < -0.3 is 10.1 Å². The maximum atomic E-state index is 12.6. The molecule has 2 heterocycles. The van der Waals surface area contributed by atoms with Crippen molar-refractivity contribution in [3.8, 4) is 0 Å². The Kier molecular flexibility index (Phi) is 5.62. The predicted octanol–water partition coefficient (Wildman–Crippen LogP) is 2.83. The van der Waals surface area contributed by atoms with Crippen molar-refractivity contribution >= 4 is 22.8 Å². The Bertz CT molecular complexity index is 1040. The minimum atomic E-state index is -0.892. The summed E-state index contributed by atoms with van der Waals surface area (Å²) < 4.78 is 7.11. The van der Waals surface area contributed by atoms with Gasteiger partial charge in [-0.05, 0) is 49.8 Å². The first-order chi connectivity index (χ1) is 14.3. The zero-order valence-electron chi connectivity index (χ0n) is 17.8. The summed E-state index contributed by atoms with van der Waals surface area (Å²) in [5.41, 5.74) is 0.706. The minimum Gasteiger partial charge on any atom is -0.449 e. The van der Waals surface area contributed by atoms with Gasteiger partial charge in [0, 0.05) is 19.0 Å². The Hall–Kier alpha value is -2.70. The Morgan fingerprint density at radius 2 is 2.03 bits per heavy atom. The van der Waals surface area contributed by atoms with E-state index >= 15 is 0 Å². The van der Waals surface area contributed by atoms with Crippen LogP contribution >= 0.6 is 0 Å². The van der Waals surface area contributed by atoms with E-state index in [1.807, 2.05) is 0 Å². The van der Waals surface area contributed by atoms with Gasteiger partial charge in [0.2, 0.25) is 0 Å². The molecular weight excluding hydrogens is 382 g/mol. The fourth-order valence-corrected chi connectivity index (χ4v) is 4.58. The number of nitrogens with one attached hydrogen (secondary N) is 1. The summed E-state index contributed by atoms with van der Waals surface area (Å²) >= 11 is 0. The van der Waals surface area contributed by atoms with E-state index in [0.717, 1.165) is 31.5 Å². The highest BCUT2D eigenvalue weighted by molar-refractivity contribution is 5.95. The van der Waals surface area contributed by atoms with Crippen LogP contribution in [-0.4, -0.2) is 33.6 Å². The number of hydrogen-bond donors (Lipinski definition) is 1. The fraction of sp³-hybridized carbons (Fsp3) is 0.565. The number of amides is 1. The molecule has 4 rings (SSSR count). The molecule has 2 aliphatic rings. The number of carbonyl (C=O) groups is 2. The summed E-state index contributed by atoms with van der Waals surface area (Å²) in [7, 11) is 0. The van der Waals surface area contributed by atoms with Gasteiger partial charge in [-0.2, -0.15) is 0 Å². The molecule has 1 aromatic heterocycles. The Morgan fingerprint density at radius 3 is 2.83 bits per heavy atom. The van der Waals surface area contributed by atoms with Gasteiger partial charge in [0.05, 0.1) is 16.5 Å². The highest BCUT2D eigenvalue weighted by Crippen LogP contribution is 2.29. The molecule has 1 saturated carbocycles. The Labute approximate surface area is 175 Å². The Morgan fingerprint density at radius 1 is 1.23 bits per heavy atom. The van der Waals surface area contributed by atoms with Crippen LogP contribution in [0.25, 0.3) is 10.9 Å². The van der Waals surface area contributed by atoms with Crippen molar-refractivity contribution in [1.29, 1.82) is 0 Å². The second-order valence-corrected chi connectivity index (χ2v) is 8.75. The standard InChI is InChI=1S/C23H29N3O4/c1-13-6-4-7-18(14(13)2)25-21(27)15(3)30-23(29)16-9-10-17-19(12-16)24-20-8-5-11-26(20)22(17)28/h9-10,12-15,18H,4-8,11H2,1-3H3,(H,25,27)/t13-,14+,15+,18-/m0/s1. The number of aryl methyl sites for hydroxylation is 1. The molecule has 160 valence electrons. The number of aromatic nitrogens is 2. The zero-order chi connectivity index (χ0) is 21.4. The van der Waals surface area contributed by atoms with Gasteiger partial charge in [0.15, 0.2) is 6.10 Å². The molecule has 0 bridgehead atoms. The van der Waals surface area contributed by atoms with Gasteiger partial charge in [0.1, 0.15) is 5.82 Å². The Balaban J connectivity index is 1.45. The highest BCUT2D eigenvalue weighted by atomic mass is 16.5. The third-order valence-electron chi connectivity index (χ3n) is 6.74. The number of rotatable bonds is 4. The van der Waals surface area contributed by atoms with E-state index in [-0.39, 0.29) is 23.1 Å². The lowest BCUT2D eigenvalue weighted by molar-refractivity contribution is -0.130. The number of nitrogens with zero attached hydrogens (tertiary/aromatic N) is 2. The summed E-state index contributed by atoms with van der Waals surface area (Å²) in [6.07, 6.45) is 4.00. The molecule has 0 unspecified atom stereocenters. The second kappa shape index (κ2) is 8.20. The second-order valence-electron chi connectivity index (χ2n) is 8.75. The molecule has 0 saturated heterocycles. The van der Waals surface area contributed by atoms with Gasteiger partial charge in [-0.1, -0.05) is 26.7 Å². The average Bonchev–Trinajstić information content (AvgIpc) is 3.19. The topological polar surface area (TPSA) is 90.3 Å². The van der Waals surface area contributed by atoms with Crippen LogP contribution in [0.15, 0.2) is 23.0 Å². The molecule has 1 aliphatic carbocycles. The number of hydrogen-bond acceptors (Lipinski definition) is 5. The van der Waals surface area contributed by atoms with Crippen LogP contribution in [0, 0.1) is 11.8 Å². The first kappa shape index (κ1) is 20.6. The van der Waals surface area contributed by atoms with E-state index in [1.165, 1.54) is 6.42 Å². The van der Waals surface area contributed by atoms with Crippen molar-refractivity contribution in [2.45, 2.75) is 71.6 Å². The molecule has 1 aliphatic heterocycles. The summed E-state index contributed by atoms with van der Waals surface area (Å²) in [6, 6.07) is 4.86. The number of ether oxygens (including phenoxy) is 1. The number of benzene rings is 1. The fourth-order valence-electron chi connectivity index (χ4n) is 4.58. The summed E-state index contributed by atoms with van der Waals surface area (Å²) in [5, 5.41) is 3.54. The van der Waals surface area contributed by atoms with Crippen LogP contribution in [-0.2, 0) is 22.5 Å². The van der Waals surface area contributed by atoms with E-state index < -0.39 is 12.1 Å². The maximum absolute atomic E-state index is 12.6. The lowest BCUT2D eigenvalue weighted by Gasteiger charge is -2.35. The summed E-state index contributed by atoms with van der Waals surface area (Å²) in [6.45, 7) is 6.64. The molecule has 7 nitrogen and oxygen atoms in total. The summed E-state index contributed by atoms with van der Waals surface area (Å²) in [5.74, 6) is 0.855. The largest absolute Gasteiger partial charge is 0.449 e. The van der Waals surface area contributed by atoms with Crippen LogP contribution in [0.4, 0.5) is 0 Å². The van der Waals surface area contributed by atoms with E-state index in [9.17, 15) is 14.4 Å². The molecule has 1 aromatic carbocycles. The SMILES string of the molecule is C[C@H]1[C@@H](NC(=O)[C@@H](C)OC(=O)c2ccc3c(=O)n4c(nc3c2)CCC4)CCC[C@@H]1C. The average molecular weight is 412 g/mol. The lowest BCUT2D eigenvalue weighted by Crippen LogP contribution is -2.47. The van der Waals surface area contributed by atoms with Crippen molar-refractivity contribution in [3.05, 3.63) is 39.9 Å².